The smallest absolute Gasteiger partial charge is 0.296 e. The SMILES string of the molecule is Nc1c(S(=O)(=O)O)cc(Br)c2cc3ccccc3cc12. The van der Waals surface area contributed by atoms with Crippen LogP contribution in [-0.2, 0) is 10.1 Å². The van der Waals surface area contributed by atoms with Crippen LogP contribution in [-0.4, -0.2) is 13.0 Å². The number of anilines is 1. The molecule has 0 fully saturated rings. The zero-order valence-corrected chi connectivity index (χ0v) is 12.6. The van der Waals surface area contributed by atoms with Gasteiger partial charge in [0, 0.05) is 9.86 Å². The lowest BCUT2D eigenvalue weighted by Gasteiger charge is -2.10. The van der Waals surface area contributed by atoms with E-state index in [1.807, 2.05) is 36.4 Å². The van der Waals surface area contributed by atoms with E-state index >= 15 is 0 Å². The van der Waals surface area contributed by atoms with Crippen molar-refractivity contribution in [3.8, 4) is 0 Å². The van der Waals surface area contributed by atoms with Gasteiger partial charge in [0.2, 0.25) is 0 Å². The van der Waals surface area contributed by atoms with Crippen LogP contribution < -0.4 is 5.73 Å². The van der Waals surface area contributed by atoms with Crippen LogP contribution in [0.2, 0.25) is 0 Å². The maximum atomic E-state index is 11.4. The van der Waals surface area contributed by atoms with Crippen molar-refractivity contribution in [3.05, 3.63) is 46.9 Å². The van der Waals surface area contributed by atoms with Gasteiger partial charge in [0.15, 0.2) is 0 Å². The number of fused-ring (bicyclic) bond motifs is 2. The molecule has 0 atom stereocenters. The average molecular weight is 352 g/mol. The van der Waals surface area contributed by atoms with Crippen molar-refractivity contribution in [1.82, 2.24) is 0 Å². The molecule has 0 aliphatic rings. The topological polar surface area (TPSA) is 80.4 Å². The van der Waals surface area contributed by atoms with Crippen molar-refractivity contribution in [1.29, 1.82) is 0 Å². The van der Waals surface area contributed by atoms with Gasteiger partial charge >= 0.3 is 0 Å². The summed E-state index contributed by atoms with van der Waals surface area (Å²) in [5.74, 6) is 0. The van der Waals surface area contributed by atoms with E-state index in [0.29, 0.717) is 9.86 Å². The number of nitrogen functional groups attached to an aromatic ring is 1. The summed E-state index contributed by atoms with van der Waals surface area (Å²) in [5.41, 5.74) is 5.96. The number of nitrogens with two attached hydrogens (primary N) is 1. The molecule has 3 rings (SSSR count). The molecule has 0 heterocycles. The first kappa shape index (κ1) is 13.4. The molecule has 0 aliphatic heterocycles. The third-order valence-electron chi connectivity index (χ3n) is 3.23. The minimum absolute atomic E-state index is 0.0523. The molecular formula is C14H10BrNO3S. The molecule has 3 aromatic carbocycles. The largest absolute Gasteiger partial charge is 0.397 e. The highest BCUT2D eigenvalue weighted by molar-refractivity contribution is 9.10. The van der Waals surface area contributed by atoms with Gasteiger partial charge in [0.05, 0.1) is 5.69 Å². The Kier molecular flexibility index (Phi) is 2.97. The molecule has 0 saturated carbocycles. The van der Waals surface area contributed by atoms with Crippen molar-refractivity contribution >= 4 is 53.3 Å². The fourth-order valence-electron chi connectivity index (χ4n) is 2.28. The Bertz CT molecular complexity index is 951. The molecule has 20 heavy (non-hydrogen) atoms. The minimum Gasteiger partial charge on any atom is -0.397 e. The molecule has 0 aliphatic carbocycles. The van der Waals surface area contributed by atoms with Crippen LogP contribution >= 0.6 is 15.9 Å². The van der Waals surface area contributed by atoms with Crippen molar-refractivity contribution in [2.24, 2.45) is 0 Å². The molecule has 0 unspecified atom stereocenters. The van der Waals surface area contributed by atoms with Gasteiger partial charge in [-0.25, -0.2) is 0 Å². The Hall–Kier alpha value is -1.63. The first-order chi connectivity index (χ1) is 9.38. The van der Waals surface area contributed by atoms with Gasteiger partial charge in [-0.05, 0) is 34.4 Å². The number of halogens is 1. The van der Waals surface area contributed by atoms with E-state index in [9.17, 15) is 13.0 Å². The van der Waals surface area contributed by atoms with E-state index in [1.165, 1.54) is 6.07 Å². The van der Waals surface area contributed by atoms with E-state index in [0.717, 1.165) is 16.2 Å². The first-order valence-electron chi connectivity index (χ1n) is 5.76. The predicted octanol–water partition coefficient (Wildman–Crippen LogP) is 3.58. The number of hydrogen-bond donors (Lipinski definition) is 2. The lowest BCUT2D eigenvalue weighted by molar-refractivity contribution is 0.483. The quantitative estimate of drug-likeness (QED) is 0.399. The van der Waals surface area contributed by atoms with Gasteiger partial charge in [0.25, 0.3) is 10.1 Å². The summed E-state index contributed by atoms with van der Waals surface area (Å²) in [4.78, 5) is -0.285. The molecule has 0 aromatic heterocycles. The molecule has 0 amide bonds. The van der Waals surface area contributed by atoms with Gasteiger partial charge in [-0.3, -0.25) is 4.55 Å². The summed E-state index contributed by atoms with van der Waals surface area (Å²) in [6, 6.07) is 12.8. The molecule has 4 nitrogen and oxygen atoms in total. The summed E-state index contributed by atoms with van der Waals surface area (Å²) in [6.45, 7) is 0. The molecule has 102 valence electrons. The summed E-state index contributed by atoms with van der Waals surface area (Å²) < 4.78 is 32.5. The fourth-order valence-corrected chi connectivity index (χ4v) is 3.64. The van der Waals surface area contributed by atoms with E-state index in [-0.39, 0.29) is 10.6 Å². The Morgan fingerprint density at radius 1 is 1.00 bits per heavy atom. The van der Waals surface area contributed by atoms with Gasteiger partial charge in [0.1, 0.15) is 4.90 Å². The Morgan fingerprint density at radius 3 is 2.10 bits per heavy atom. The number of rotatable bonds is 1. The van der Waals surface area contributed by atoms with Crippen LogP contribution in [0.3, 0.4) is 0 Å². The highest BCUT2D eigenvalue weighted by Crippen LogP contribution is 2.36. The minimum atomic E-state index is -4.36. The summed E-state index contributed by atoms with van der Waals surface area (Å²) in [7, 11) is -4.36. The van der Waals surface area contributed by atoms with E-state index in [4.69, 9.17) is 5.73 Å². The second-order valence-corrected chi connectivity index (χ2v) is 6.73. The van der Waals surface area contributed by atoms with Crippen molar-refractivity contribution < 1.29 is 13.0 Å². The molecule has 0 radical (unpaired) electrons. The summed E-state index contributed by atoms with van der Waals surface area (Å²) in [6.07, 6.45) is 0. The Labute approximate surface area is 124 Å². The zero-order valence-electron chi connectivity index (χ0n) is 10.2. The van der Waals surface area contributed by atoms with E-state index in [2.05, 4.69) is 15.9 Å². The normalized spacial score (nSPS) is 12.1. The van der Waals surface area contributed by atoms with Crippen LogP contribution in [0.4, 0.5) is 5.69 Å². The lowest BCUT2D eigenvalue weighted by atomic mass is 10.0. The van der Waals surface area contributed by atoms with Gasteiger partial charge in [-0.15, -0.1) is 0 Å². The molecule has 3 aromatic rings. The van der Waals surface area contributed by atoms with E-state index in [1.54, 1.807) is 0 Å². The standard InChI is InChI=1S/C14H10BrNO3S/c15-12-7-13(20(17,18)19)14(16)11-6-9-4-2-1-3-8(9)5-10(11)12/h1-7H,16H2,(H,17,18,19). The summed E-state index contributed by atoms with van der Waals surface area (Å²) in [5, 5.41) is 3.37. The van der Waals surface area contributed by atoms with Crippen molar-refractivity contribution in [3.63, 3.8) is 0 Å². The fraction of sp³-hybridized carbons (Fsp3) is 0. The van der Waals surface area contributed by atoms with Gasteiger partial charge < -0.3 is 5.73 Å². The van der Waals surface area contributed by atoms with Crippen LogP contribution in [0.25, 0.3) is 21.5 Å². The molecule has 0 spiro atoms. The summed E-state index contributed by atoms with van der Waals surface area (Å²) >= 11 is 3.33. The zero-order chi connectivity index (χ0) is 14.5. The number of benzene rings is 3. The molecule has 3 N–H and O–H groups in total. The van der Waals surface area contributed by atoms with Gasteiger partial charge in [-0.2, -0.15) is 8.42 Å². The number of hydrogen-bond acceptors (Lipinski definition) is 3. The lowest BCUT2D eigenvalue weighted by Crippen LogP contribution is -2.04. The Morgan fingerprint density at radius 2 is 1.55 bits per heavy atom. The molecular weight excluding hydrogens is 342 g/mol. The highest BCUT2D eigenvalue weighted by Gasteiger charge is 2.18. The first-order valence-corrected chi connectivity index (χ1v) is 7.99. The molecule has 6 heteroatoms. The van der Waals surface area contributed by atoms with Crippen molar-refractivity contribution in [2.75, 3.05) is 5.73 Å². The van der Waals surface area contributed by atoms with Gasteiger partial charge in [-0.1, -0.05) is 40.2 Å². The maximum absolute atomic E-state index is 11.4. The average Bonchev–Trinajstić information content (AvgIpc) is 2.40. The highest BCUT2D eigenvalue weighted by atomic mass is 79.9. The predicted molar refractivity (Wildman–Crippen MR) is 83.4 cm³/mol. The second kappa shape index (κ2) is 4.44. The van der Waals surface area contributed by atoms with Crippen molar-refractivity contribution in [2.45, 2.75) is 4.90 Å². The second-order valence-electron chi connectivity index (χ2n) is 4.49. The third kappa shape index (κ3) is 2.06. The van der Waals surface area contributed by atoms with Crippen LogP contribution in [0, 0.1) is 0 Å². The van der Waals surface area contributed by atoms with Crippen LogP contribution in [0.15, 0.2) is 51.8 Å². The van der Waals surface area contributed by atoms with Crippen LogP contribution in [0.5, 0.6) is 0 Å². The van der Waals surface area contributed by atoms with E-state index < -0.39 is 10.1 Å². The Balaban J connectivity index is 2.53. The maximum Gasteiger partial charge on any atom is 0.296 e. The molecule has 0 bridgehead atoms. The van der Waals surface area contributed by atoms with Crippen LogP contribution in [0.1, 0.15) is 0 Å². The monoisotopic (exact) mass is 351 g/mol. The molecule has 0 saturated heterocycles. The third-order valence-corrected chi connectivity index (χ3v) is 4.78.